The van der Waals surface area contributed by atoms with Crippen LogP contribution in [-0.2, 0) is 11.4 Å². The van der Waals surface area contributed by atoms with Crippen LogP contribution in [0.2, 0.25) is 0 Å². The fourth-order valence-corrected chi connectivity index (χ4v) is 2.87. The second-order valence-corrected chi connectivity index (χ2v) is 5.70. The molecule has 0 spiro atoms. The van der Waals surface area contributed by atoms with Crippen molar-refractivity contribution in [1.82, 2.24) is 4.90 Å². The molecule has 1 saturated heterocycles. The van der Waals surface area contributed by atoms with Crippen molar-refractivity contribution in [3.63, 3.8) is 0 Å². The molecule has 1 unspecified atom stereocenters. The normalized spacial score (nSPS) is 16.7. The first-order valence-corrected chi connectivity index (χ1v) is 7.98. The zero-order valence-corrected chi connectivity index (χ0v) is 13.8. The second kappa shape index (κ2) is 7.29. The average Bonchev–Trinajstić information content (AvgIpc) is 3.29. The lowest BCUT2D eigenvalue weighted by Gasteiger charge is -2.19. The number of ether oxygens (including phenoxy) is 2. The lowest BCUT2D eigenvalue weighted by molar-refractivity contribution is -0.141. The number of carbonyl (C=O) groups excluding carboxylic acids is 1. The van der Waals surface area contributed by atoms with Gasteiger partial charge in [-0.25, -0.2) is 4.79 Å². The Hall–Kier alpha value is -2.96. The van der Waals surface area contributed by atoms with E-state index in [1.165, 1.54) is 4.90 Å². The number of aliphatic carboxylic acids is 1. The van der Waals surface area contributed by atoms with E-state index >= 15 is 0 Å². The van der Waals surface area contributed by atoms with Crippen molar-refractivity contribution in [3.8, 4) is 11.5 Å². The largest absolute Gasteiger partial charge is 0.493 e. The molecule has 1 fully saturated rings. The van der Waals surface area contributed by atoms with E-state index in [4.69, 9.17) is 13.9 Å². The van der Waals surface area contributed by atoms with E-state index in [1.807, 2.05) is 12.1 Å². The molecule has 1 aliphatic rings. The van der Waals surface area contributed by atoms with Gasteiger partial charge in [0.25, 0.3) is 5.91 Å². The van der Waals surface area contributed by atoms with E-state index in [0.717, 1.165) is 0 Å². The Morgan fingerprint density at radius 3 is 2.72 bits per heavy atom. The topological polar surface area (TPSA) is 89.2 Å². The zero-order valence-electron chi connectivity index (χ0n) is 13.8. The maximum atomic E-state index is 12.5. The van der Waals surface area contributed by atoms with Crippen LogP contribution < -0.4 is 9.47 Å². The molecular weight excluding hydrogens is 326 g/mol. The van der Waals surface area contributed by atoms with Crippen LogP contribution in [0.1, 0.15) is 29.2 Å². The van der Waals surface area contributed by atoms with Crippen molar-refractivity contribution >= 4 is 11.9 Å². The maximum Gasteiger partial charge on any atom is 0.326 e. The zero-order chi connectivity index (χ0) is 17.8. The molecule has 3 rings (SSSR count). The number of benzene rings is 1. The van der Waals surface area contributed by atoms with Crippen molar-refractivity contribution < 1.29 is 28.6 Å². The number of likely N-dealkylation sites (tertiary alicyclic amines) is 1. The number of methoxy groups -OCH3 is 1. The SMILES string of the molecule is COc1ccccc1OCc1ccc(C(=O)N2CCCC2C(=O)O)o1. The van der Waals surface area contributed by atoms with Crippen molar-refractivity contribution in [2.24, 2.45) is 0 Å². The summed E-state index contributed by atoms with van der Waals surface area (Å²) >= 11 is 0. The van der Waals surface area contributed by atoms with E-state index in [9.17, 15) is 14.7 Å². The van der Waals surface area contributed by atoms with Gasteiger partial charge in [0, 0.05) is 6.54 Å². The Morgan fingerprint density at radius 2 is 2.00 bits per heavy atom. The number of furan rings is 1. The summed E-state index contributed by atoms with van der Waals surface area (Å²) in [5.74, 6) is 0.365. The summed E-state index contributed by atoms with van der Waals surface area (Å²) in [5.41, 5.74) is 0. The number of para-hydroxylation sites is 2. The number of rotatable bonds is 6. The van der Waals surface area contributed by atoms with Gasteiger partial charge in [0.1, 0.15) is 18.4 Å². The first kappa shape index (κ1) is 16.9. The smallest absolute Gasteiger partial charge is 0.326 e. The molecule has 0 radical (unpaired) electrons. The van der Waals surface area contributed by atoms with E-state index < -0.39 is 17.9 Å². The van der Waals surface area contributed by atoms with Gasteiger partial charge in [-0.05, 0) is 37.1 Å². The molecule has 2 heterocycles. The van der Waals surface area contributed by atoms with Gasteiger partial charge in [-0.1, -0.05) is 12.1 Å². The molecule has 132 valence electrons. The third-order valence-corrected chi connectivity index (χ3v) is 4.11. The number of amides is 1. The van der Waals surface area contributed by atoms with Crippen molar-refractivity contribution in [1.29, 1.82) is 0 Å². The highest BCUT2D eigenvalue weighted by atomic mass is 16.5. The van der Waals surface area contributed by atoms with Crippen LogP contribution in [0.3, 0.4) is 0 Å². The highest BCUT2D eigenvalue weighted by Gasteiger charge is 2.35. The molecule has 1 aromatic heterocycles. The van der Waals surface area contributed by atoms with Crippen LogP contribution in [0.15, 0.2) is 40.8 Å². The molecule has 1 atom stereocenters. The molecule has 25 heavy (non-hydrogen) atoms. The van der Waals surface area contributed by atoms with Crippen LogP contribution in [0.5, 0.6) is 11.5 Å². The quantitative estimate of drug-likeness (QED) is 0.865. The molecule has 1 amide bonds. The monoisotopic (exact) mass is 345 g/mol. The number of carboxylic acids is 1. The minimum Gasteiger partial charge on any atom is -0.493 e. The molecule has 1 aromatic carbocycles. The first-order chi connectivity index (χ1) is 12.1. The average molecular weight is 345 g/mol. The van der Waals surface area contributed by atoms with E-state index in [2.05, 4.69) is 0 Å². The van der Waals surface area contributed by atoms with E-state index in [-0.39, 0.29) is 12.4 Å². The lowest BCUT2D eigenvalue weighted by atomic mass is 10.2. The fraction of sp³-hybridized carbons (Fsp3) is 0.333. The van der Waals surface area contributed by atoms with Gasteiger partial charge in [0.2, 0.25) is 0 Å². The standard InChI is InChI=1S/C18H19NO6/c1-23-14-6-2-3-7-15(14)24-11-12-8-9-16(25-12)17(20)19-10-4-5-13(19)18(21)22/h2-3,6-9,13H,4-5,10-11H2,1H3,(H,21,22). The van der Waals surface area contributed by atoms with Gasteiger partial charge in [0.05, 0.1) is 7.11 Å². The predicted molar refractivity (Wildman–Crippen MR) is 87.7 cm³/mol. The van der Waals surface area contributed by atoms with E-state index in [0.29, 0.717) is 36.6 Å². The minimum atomic E-state index is -0.989. The molecule has 2 aromatic rings. The molecule has 1 N–H and O–H groups in total. The summed E-state index contributed by atoms with van der Waals surface area (Å²) in [6.45, 7) is 0.555. The van der Waals surface area contributed by atoms with Gasteiger partial charge in [0.15, 0.2) is 17.3 Å². The number of carbonyl (C=O) groups is 2. The van der Waals surface area contributed by atoms with Crippen molar-refractivity contribution in [2.45, 2.75) is 25.5 Å². The molecule has 0 aliphatic carbocycles. The molecular formula is C18H19NO6. The van der Waals surface area contributed by atoms with Crippen LogP contribution in [0, 0.1) is 0 Å². The Balaban J connectivity index is 1.66. The van der Waals surface area contributed by atoms with Gasteiger partial charge in [-0.3, -0.25) is 4.79 Å². The van der Waals surface area contributed by atoms with Gasteiger partial charge in [-0.2, -0.15) is 0 Å². The number of hydrogen-bond donors (Lipinski definition) is 1. The fourth-order valence-electron chi connectivity index (χ4n) is 2.87. The Kier molecular flexibility index (Phi) is 4.92. The van der Waals surface area contributed by atoms with Crippen LogP contribution in [0.25, 0.3) is 0 Å². The summed E-state index contributed by atoms with van der Waals surface area (Å²) in [6, 6.07) is 9.63. The summed E-state index contributed by atoms with van der Waals surface area (Å²) in [5, 5.41) is 9.19. The Labute approximate surface area is 144 Å². The third kappa shape index (κ3) is 3.60. The van der Waals surface area contributed by atoms with Gasteiger partial charge in [-0.15, -0.1) is 0 Å². The van der Waals surface area contributed by atoms with Crippen LogP contribution in [-0.4, -0.2) is 41.6 Å². The maximum absolute atomic E-state index is 12.5. The van der Waals surface area contributed by atoms with Crippen LogP contribution in [0.4, 0.5) is 0 Å². The minimum absolute atomic E-state index is 0.117. The van der Waals surface area contributed by atoms with Crippen molar-refractivity contribution in [3.05, 3.63) is 47.9 Å². The lowest BCUT2D eigenvalue weighted by Crippen LogP contribution is -2.40. The molecule has 0 bridgehead atoms. The molecule has 0 saturated carbocycles. The summed E-state index contributed by atoms with van der Waals surface area (Å²) in [4.78, 5) is 25.0. The Bertz CT molecular complexity index is 768. The summed E-state index contributed by atoms with van der Waals surface area (Å²) in [6.07, 6.45) is 1.14. The van der Waals surface area contributed by atoms with Gasteiger partial charge >= 0.3 is 5.97 Å². The predicted octanol–water partition coefficient (Wildman–Crippen LogP) is 2.56. The van der Waals surface area contributed by atoms with Crippen LogP contribution >= 0.6 is 0 Å². The van der Waals surface area contributed by atoms with Gasteiger partial charge < -0.3 is 23.9 Å². The molecule has 7 nitrogen and oxygen atoms in total. The van der Waals surface area contributed by atoms with Crippen molar-refractivity contribution in [2.75, 3.05) is 13.7 Å². The summed E-state index contributed by atoms with van der Waals surface area (Å²) < 4.78 is 16.4. The number of hydrogen-bond acceptors (Lipinski definition) is 5. The first-order valence-electron chi connectivity index (χ1n) is 7.98. The third-order valence-electron chi connectivity index (χ3n) is 4.11. The molecule has 7 heteroatoms. The highest BCUT2D eigenvalue weighted by Crippen LogP contribution is 2.27. The van der Waals surface area contributed by atoms with E-state index in [1.54, 1.807) is 31.4 Å². The number of carboxylic acid groups (broad SMARTS) is 1. The number of nitrogens with zero attached hydrogens (tertiary/aromatic N) is 1. The second-order valence-electron chi connectivity index (χ2n) is 5.70. The summed E-state index contributed by atoms with van der Waals surface area (Å²) in [7, 11) is 1.56. The molecule has 1 aliphatic heterocycles. The Morgan fingerprint density at radius 1 is 1.24 bits per heavy atom. The highest BCUT2D eigenvalue weighted by molar-refractivity contribution is 5.94.